The number of thiazole rings is 1. The molecule has 1 aliphatic rings. The smallest absolute Gasteiger partial charge is 0.281 e. The molecule has 1 amide bonds. The topological polar surface area (TPSA) is 99.0 Å². The van der Waals surface area contributed by atoms with Crippen LogP contribution in [0.2, 0.25) is 0 Å². The van der Waals surface area contributed by atoms with Gasteiger partial charge in [-0.3, -0.25) is 14.2 Å². The maximum Gasteiger partial charge on any atom is 0.281 e. The molecule has 266 valence electrons. The number of ether oxygens (including phenoxy) is 3. The third-order valence-electron chi connectivity index (χ3n) is 9.69. The van der Waals surface area contributed by atoms with Crippen LogP contribution in [0, 0.1) is 0 Å². The van der Waals surface area contributed by atoms with Gasteiger partial charge in [-0.2, -0.15) is 0 Å². The van der Waals surface area contributed by atoms with Gasteiger partial charge in [0.15, 0.2) is 15.5 Å². The van der Waals surface area contributed by atoms with Crippen molar-refractivity contribution in [1.82, 2.24) is 19.4 Å². The van der Waals surface area contributed by atoms with Gasteiger partial charge >= 0.3 is 0 Å². The molecule has 2 aromatic heterocycles. The summed E-state index contributed by atoms with van der Waals surface area (Å²) in [6, 6.07) is 32.6. The number of nitrogens with zero attached hydrogens (tertiary/aromatic N) is 5. The SMILES string of the molecule is COc1ccc(Cn2c(-c3ccccc3OC)nc3sc(N4CCC[C@@H]4C(=O)N(Cc4ccccc4)[C@H](C)c4ccccc4)nc3c2=O)c(OC)c1. The Kier molecular flexibility index (Phi) is 10.2. The predicted molar refractivity (Wildman–Crippen MR) is 205 cm³/mol. The summed E-state index contributed by atoms with van der Waals surface area (Å²) in [4.78, 5) is 43.7. The van der Waals surface area contributed by atoms with Gasteiger partial charge in [0.05, 0.1) is 39.5 Å². The summed E-state index contributed by atoms with van der Waals surface area (Å²) in [5.41, 5.74) is 3.53. The summed E-state index contributed by atoms with van der Waals surface area (Å²) in [6.45, 7) is 3.37. The fourth-order valence-electron chi connectivity index (χ4n) is 6.90. The lowest BCUT2D eigenvalue weighted by Crippen LogP contribution is -2.46. The van der Waals surface area contributed by atoms with Gasteiger partial charge in [-0.25, -0.2) is 9.97 Å². The first kappa shape index (κ1) is 34.8. The molecule has 4 aromatic carbocycles. The van der Waals surface area contributed by atoms with Crippen LogP contribution in [-0.2, 0) is 17.9 Å². The quantitative estimate of drug-likeness (QED) is 0.130. The number of hydrogen-bond donors (Lipinski definition) is 0. The van der Waals surface area contributed by atoms with Gasteiger partial charge in [0.2, 0.25) is 5.91 Å². The van der Waals surface area contributed by atoms with E-state index in [9.17, 15) is 9.59 Å². The number of benzene rings is 4. The average Bonchev–Trinajstić information content (AvgIpc) is 3.86. The van der Waals surface area contributed by atoms with E-state index in [0.717, 1.165) is 23.1 Å². The first-order valence-corrected chi connectivity index (χ1v) is 18.1. The second-order valence-electron chi connectivity index (χ2n) is 12.7. The van der Waals surface area contributed by atoms with E-state index < -0.39 is 6.04 Å². The minimum absolute atomic E-state index is 0.0312. The van der Waals surface area contributed by atoms with Crippen LogP contribution < -0.4 is 24.7 Å². The molecule has 0 saturated carbocycles. The van der Waals surface area contributed by atoms with Crippen LogP contribution in [0.15, 0.2) is 108 Å². The highest BCUT2D eigenvalue weighted by Crippen LogP contribution is 2.37. The lowest BCUT2D eigenvalue weighted by atomic mass is 10.0. The van der Waals surface area contributed by atoms with Crippen LogP contribution in [0.3, 0.4) is 0 Å². The normalized spacial score (nSPS) is 14.7. The molecule has 52 heavy (non-hydrogen) atoms. The Labute approximate surface area is 306 Å². The maximum atomic E-state index is 14.6. The number of rotatable bonds is 12. The predicted octanol–water partition coefficient (Wildman–Crippen LogP) is 7.35. The Balaban J connectivity index is 1.29. The maximum absolute atomic E-state index is 14.6. The van der Waals surface area contributed by atoms with Gasteiger partial charge < -0.3 is 24.0 Å². The molecular weight excluding hydrogens is 675 g/mol. The second kappa shape index (κ2) is 15.3. The third-order valence-corrected chi connectivity index (χ3v) is 10.7. The molecule has 1 aliphatic heterocycles. The van der Waals surface area contributed by atoms with Crippen molar-refractivity contribution in [2.45, 2.75) is 44.9 Å². The fraction of sp³-hybridized carbons (Fsp3) is 0.268. The minimum Gasteiger partial charge on any atom is -0.497 e. The standard InChI is InChI=1S/C41H41N5O5S/c1-27(29-16-9-6-10-17-29)45(25-28-14-7-5-8-15-28)39(47)33-19-13-23-44(33)41-42-36-38(52-41)43-37(32-18-11-12-20-34(32)50-3)46(40(36)48)26-30-21-22-31(49-2)24-35(30)51-4/h5-12,14-18,20-22,24,27,33H,13,19,23,25-26H2,1-4H3/t27-,33-/m1/s1. The van der Waals surface area contributed by atoms with Gasteiger partial charge in [-0.15, -0.1) is 0 Å². The summed E-state index contributed by atoms with van der Waals surface area (Å²) >= 11 is 1.34. The van der Waals surface area contributed by atoms with Gasteiger partial charge in [-0.1, -0.05) is 84.1 Å². The Morgan fingerprint density at radius 3 is 2.33 bits per heavy atom. The average molecular weight is 716 g/mol. The van der Waals surface area contributed by atoms with Crippen LogP contribution in [0.1, 0.15) is 42.5 Å². The number of carbonyl (C=O) groups is 1. The molecule has 6 aromatic rings. The van der Waals surface area contributed by atoms with E-state index >= 15 is 0 Å². The Hall–Kier alpha value is -5.68. The highest BCUT2D eigenvalue weighted by molar-refractivity contribution is 7.21. The van der Waals surface area contributed by atoms with E-state index in [1.807, 2.05) is 77.7 Å². The molecule has 1 saturated heterocycles. The van der Waals surface area contributed by atoms with E-state index in [-0.39, 0.29) is 29.6 Å². The van der Waals surface area contributed by atoms with Gasteiger partial charge in [0.1, 0.15) is 29.1 Å². The van der Waals surface area contributed by atoms with Crippen molar-refractivity contribution in [3.8, 4) is 28.6 Å². The van der Waals surface area contributed by atoms with Crippen molar-refractivity contribution in [2.24, 2.45) is 0 Å². The molecule has 1 fully saturated rings. The lowest BCUT2D eigenvalue weighted by Gasteiger charge is -2.34. The summed E-state index contributed by atoms with van der Waals surface area (Å²) in [6.07, 6.45) is 1.51. The number of anilines is 1. The second-order valence-corrected chi connectivity index (χ2v) is 13.7. The monoisotopic (exact) mass is 715 g/mol. The number of hydrogen-bond acceptors (Lipinski definition) is 9. The van der Waals surface area contributed by atoms with Crippen LogP contribution in [0.4, 0.5) is 5.13 Å². The van der Waals surface area contributed by atoms with E-state index in [1.165, 1.54) is 11.3 Å². The minimum atomic E-state index is -0.435. The summed E-state index contributed by atoms with van der Waals surface area (Å²) < 4.78 is 18.4. The van der Waals surface area contributed by atoms with Gasteiger partial charge in [-0.05, 0) is 55.2 Å². The molecule has 11 heteroatoms. The summed E-state index contributed by atoms with van der Waals surface area (Å²) in [7, 11) is 4.78. The first-order chi connectivity index (χ1) is 25.4. The number of para-hydroxylation sites is 1. The van der Waals surface area contributed by atoms with E-state index in [2.05, 4.69) is 36.1 Å². The van der Waals surface area contributed by atoms with Crippen molar-refractivity contribution in [2.75, 3.05) is 32.8 Å². The number of fused-ring (bicyclic) bond motifs is 1. The van der Waals surface area contributed by atoms with Gasteiger partial charge in [0.25, 0.3) is 5.56 Å². The van der Waals surface area contributed by atoms with Gasteiger partial charge in [0, 0.05) is 24.7 Å². The summed E-state index contributed by atoms with van der Waals surface area (Å²) in [5.74, 6) is 2.29. The molecule has 3 heterocycles. The molecular formula is C41H41N5O5S. The molecule has 0 unspecified atom stereocenters. The molecule has 2 atom stereocenters. The van der Waals surface area contributed by atoms with Crippen molar-refractivity contribution in [3.05, 3.63) is 130 Å². The van der Waals surface area contributed by atoms with Crippen molar-refractivity contribution < 1.29 is 19.0 Å². The zero-order chi connectivity index (χ0) is 36.2. The highest BCUT2D eigenvalue weighted by Gasteiger charge is 2.37. The summed E-state index contributed by atoms with van der Waals surface area (Å²) in [5, 5.41) is 0.605. The zero-order valence-corrected chi connectivity index (χ0v) is 30.5. The van der Waals surface area contributed by atoms with Crippen molar-refractivity contribution >= 4 is 32.7 Å². The molecule has 0 N–H and O–H groups in total. The fourth-order valence-corrected chi connectivity index (χ4v) is 7.90. The third kappa shape index (κ3) is 6.83. The van der Waals surface area contributed by atoms with Crippen LogP contribution in [-0.4, -0.2) is 59.3 Å². The number of methoxy groups -OCH3 is 3. The van der Waals surface area contributed by atoms with E-state index in [0.29, 0.717) is 58.1 Å². The van der Waals surface area contributed by atoms with E-state index in [4.69, 9.17) is 24.2 Å². The largest absolute Gasteiger partial charge is 0.497 e. The molecule has 0 radical (unpaired) electrons. The number of aromatic nitrogens is 3. The number of amides is 1. The van der Waals surface area contributed by atoms with E-state index in [1.54, 1.807) is 32.0 Å². The zero-order valence-electron chi connectivity index (χ0n) is 29.7. The Morgan fingerprint density at radius 2 is 1.60 bits per heavy atom. The van der Waals surface area contributed by atoms with Crippen LogP contribution >= 0.6 is 11.3 Å². The Bertz CT molecular complexity index is 2240. The van der Waals surface area contributed by atoms with Crippen molar-refractivity contribution in [3.63, 3.8) is 0 Å². The first-order valence-electron chi connectivity index (χ1n) is 17.3. The molecule has 0 spiro atoms. The van der Waals surface area contributed by atoms with Crippen LogP contribution in [0.25, 0.3) is 21.7 Å². The molecule has 0 aliphatic carbocycles. The Morgan fingerprint density at radius 1 is 0.885 bits per heavy atom. The van der Waals surface area contributed by atoms with Crippen LogP contribution in [0.5, 0.6) is 17.2 Å². The van der Waals surface area contributed by atoms with Crippen molar-refractivity contribution in [1.29, 1.82) is 0 Å². The lowest BCUT2D eigenvalue weighted by molar-refractivity contribution is -0.135. The molecule has 0 bridgehead atoms. The highest BCUT2D eigenvalue weighted by atomic mass is 32.1. The molecule has 7 rings (SSSR count). The number of carbonyl (C=O) groups excluding carboxylic acids is 1. The molecule has 10 nitrogen and oxygen atoms in total.